The lowest BCUT2D eigenvalue weighted by molar-refractivity contribution is -0.118. The molecule has 1 fully saturated rings. The van der Waals surface area contributed by atoms with E-state index in [-0.39, 0.29) is 18.5 Å². The monoisotopic (exact) mass is 367 g/mol. The third-order valence-corrected chi connectivity index (χ3v) is 4.47. The SMILES string of the molecule is Cc1ccc(C(C)C)c(OCC(=O)Nc2ccc(N3CCNC3=O)cc2)c1. The van der Waals surface area contributed by atoms with E-state index in [9.17, 15) is 9.59 Å². The number of carbonyl (C=O) groups is 2. The zero-order chi connectivity index (χ0) is 19.4. The minimum atomic E-state index is -0.224. The number of nitrogens with one attached hydrogen (secondary N) is 2. The van der Waals surface area contributed by atoms with Gasteiger partial charge in [0.15, 0.2) is 6.61 Å². The third kappa shape index (κ3) is 4.58. The number of benzene rings is 2. The second-order valence-electron chi connectivity index (χ2n) is 6.96. The van der Waals surface area contributed by atoms with Gasteiger partial charge in [-0.15, -0.1) is 0 Å². The zero-order valence-corrected chi connectivity index (χ0v) is 15.9. The maximum Gasteiger partial charge on any atom is 0.321 e. The van der Waals surface area contributed by atoms with E-state index in [2.05, 4.69) is 24.5 Å². The van der Waals surface area contributed by atoms with Crippen LogP contribution in [0.3, 0.4) is 0 Å². The fourth-order valence-corrected chi connectivity index (χ4v) is 3.03. The molecule has 0 saturated carbocycles. The minimum Gasteiger partial charge on any atom is -0.483 e. The molecular formula is C21H25N3O3. The van der Waals surface area contributed by atoms with Gasteiger partial charge < -0.3 is 15.4 Å². The van der Waals surface area contributed by atoms with Crippen molar-refractivity contribution in [2.24, 2.45) is 0 Å². The number of carbonyl (C=O) groups excluding carboxylic acids is 2. The molecule has 142 valence electrons. The number of hydrogen-bond donors (Lipinski definition) is 2. The second kappa shape index (κ2) is 8.12. The highest BCUT2D eigenvalue weighted by Crippen LogP contribution is 2.27. The summed E-state index contributed by atoms with van der Waals surface area (Å²) in [6, 6.07) is 13.1. The Kier molecular flexibility index (Phi) is 5.64. The van der Waals surface area contributed by atoms with Gasteiger partial charge >= 0.3 is 6.03 Å². The minimum absolute atomic E-state index is 0.0561. The number of aryl methyl sites for hydroxylation is 1. The van der Waals surface area contributed by atoms with Crippen molar-refractivity contribution in [3.8, 4) is 5.75 Å². The summed E-state index contributed by atoms with van der Waals surface area (Å²) in [6.45, 7) is 7.43. The number of amides is 3. The predicted molar refractivity (Wildman–Crippen MR) is 107 cm³/mol. The van der Waals surface area contributed by atoms with E-state index < -0.39 is 0 Å². The summed E-state index contributed by atoms with van der Waals surface area (Å²) >= 11 is 0. The Morgan fingerprint density at radius 1 is 1.22 bits per heavy atom. The Hall–Kier alpha value is -3.02. The molecule has 0 spiro atoms. The average molecular weight is 367 g/mol. The highest BCUT2D eigenvalue weighted by atomic mass is 16.5. The van der Waals surface area contributed by atoms with Crippen LogP contribution in [-0.4, -0.2) is 31.6 Å². The quantitative estimate of drug-likeness (QED) is 0.818. The lowest BCUT2D eigenvalue weighted by atomic mass is 10.0. The molecule has 2 N–H and O–H groups in total. The van der Waals surface area contributed by atoms with Crippen LogP contribution in [0.5, 0.6) is 5.75 Å². The molecule has 0 aliphatic carbocycles. The highest BCUT2D eigenvalue weighted by Gasteiger charge is 2.20. The van der Waals surface area contributed by atoms with Crippen molar-refractivity contribution in [3.05, 3.63) is 53.6 Å². The molecule has 0 bridgehead atoms. The van der Waals surface area contributed by atoms with Crippen molar-refractivity contribution in [2.45, 2.75) is 26.7 Å². The van der Waals surface area contributed by atoms with E-state index in [0.717, 1.165) is 22.6 Å². The molecule has 1 heterocycles. The molecule has 1 aliphatic heterocycles. The molecule has 0 atom stereocenters. The number of ether oxygens (including phenoxy) is 1. The summed E-state index contributed by atoms with van der Waals surface area (Å²) in [7, 11) is 0. The molecule has 1 saturated heterocycles. The topological polar surface area (TPSA) is 70.7 Å². The molecule has 27 heavy (non-hydrogen) atoms. The van der Waals surface area contributed by atoms with Crippen molar-refractivity contribution in [1.82, 2.24) is 5.32 Å². The first-order chi connectivity index (χ1) is 12.9. The van der Waals surface area contributed by atoms with Gasteiger partial charge in [-0.05, 0) is 54.3 Å². The van der Waals surface area contributed by atoms with Gasteiger partial charge in [0.05, 0.1) is 0 Å². The van der Waals surface area contributed by atoms with Crippen LogP contribution in [0.4, 0.5) is 16.2 Å². The van der Waals surface area contributed by atoms with Crippen molar-refractivity contribution in [2.75, 3.05) is 29.9 Å². The summed E-state index contributed by atoms with van der Waals surface area (Å²) in [5.41, 5.74) is 3.65. The molecule has 0 radical (unpaired) electrons. The highest BCUT2D eigenvalue weighted by molar-refractivity contribution is 5.95. The van der Waals surface area contributed by atoms with Crippen molar-refractivity contribution < 1.29 is 14.3 Å². The second-order valence-corrected chi connectivity index (χ2v) is 6.96. The molecule has 2 aromatic carbocycles. The molecular weight excluding hydrogens is 342 g/mol. The Balaban J connectivity index is 1.58. The maximum atomic E-state index is 12.2. The smallest absolute Gasteiger partial charge is 0.321 e. The van der Waals surface area contributed by atoms with Gasteiger partial charge in [-0.3, -0.25) is 9.69 Å². The van der Waals surface area contributed by atoms with Crippen LogP contribution in [0.1, 0.15) is 30.9 Å². The molecule has 3 rings (SSSR count). The van der Waals surface area contributed by atoms with Crippen molar-refractivity contribution >= 4 is 23.3 Å². The standard InChI is InChI=1S/C21H25N3O3/c1-14(2)18-9-4-15(3)12-19(18)27-13-20(25)23-16-5-7-17(8-6-16)24-11-10-22-21(24)26/h4-9,12,14H,10-11,13H2,1-3H3,(H,22,26)(H,23,25). The molecule has 6 nitrogen and oxygen atoms in total. The molecule has 0 aromatic heterocycles. The van der Waals surface area contributed by atoms with Crippen LogP contribution >= 0.6 is 0 Å². The van der Waals surface area contributed by atoms with E-state index >= 15 is 0 Å². The zero-order valence-electron chi connectivity index (χ0n) is 15.9. The van der Waals surface area contributed by atoms with Gasteiger partial charge in [0.2, 0.25) is 0 Å². The van der Waals surface area contributed by atoms with Gasteiger partial charge in [0.1, 0.15) is 5.75 Å². The molecule has 1 aliphatic rings. The molecule has 2 aromatic rings. The first-order valence-electron chi connectivity index (χ1n) is 9.12. The van der Waals surface area contributed by atoms with Gasteiger partial charge in [-0.25, -0.2) is 4.79 Å². The van der Waals surface area contributed by atoms with Crippen molar-refractivity contribution in [1.29, 1.82) is 0 Å². The fourth-order valence-electron chi connectivity index (χ4n) is 3.03. The van der Waals surface area contributed by atoms with Crippen LogP contribution < -0.4 is 20.3 Å². The number of nitrogens with zero attached hydrogens (tertiary/aromatic N) is 1. The first-order valence-corrected chi connectivity index (χ1v) is 9.12. The first kappa shape index (κ1) is 18.8. The molecule has 6 heteroatoms. The van der Waals surface area contributed by atoms with Crippen LogP contribution in [0, 0.1) is 6.92 Å². The molecule has 3 amide bonds. The number of urea groups is 1. The van der Waals surface area contributed by atoms with E-state index in [1.54, 1.807) is 17.0 Å². The summed E-state index contributed by atoms with van der Waals surface area (Å²) in [5, 5.41) is 5.59. The summed E-state index contributed by atoms with van der Waals surface area (Å²) in [4.78, 5) is 25.6. The number of rotatable bonds is 6. The Labute approximate surface area is 159 Å². The fraction of sp³-hybridized carbons (Fsp3) is 0.333. The summed E-state index contributed by atoms with van der Waals surface area (Å²) in [5.74, 6) is 0.840. The third-order valence-electron chi connectivity index (χ3n) is 4.47. The lowest BCUT2D eigenvalue weighted by Crippen LogP contribution is -2.27. The normalized spacial score (nSPS) is 13.6. The van der Waals surface area contributed by atoms with E-state index in [1.165, 1.54) is 0 Å². The van der Waals surface area contributed by atoms with Gasteiger partial charge in [-0.1, -0.05) is 26.0 Å². The maximum absolute atomic E-state index is 12.2. The number of hydrogen-bond acceptors (Lipinski definition) is 3. The average Bonchev–Trinajstić information content (AvgIpc) is 3.06. The van der Waals surface area contributed by atoms with E-state index in [0.29, 0.717) is 24.7 Å². The van der Waals surface area contributed by atoms with Crippen LogP contribution in [-0.2, 0) is 4.79 Å². The Morgan fingerprint density at radius 2 is 1.96 bits per heavy atom. The largest absolute Gasteiger partial charge is 0.483 e. The van der Waals surface area contributed by atoms with E-state index in [1.807, 2.05) is 37.3 Å². The van der Waals surface area contributed by atoms with Gasteiger partial charge in [0.25, 0.3) is 5.91 Å². The molecule has 0 unspecified atom stereocenters. The number of anilines is 2. The van der Waals surface area contributed by atoms with Crippen LogP contribution in [0.25, 0.3) is 0 Å². The van der Waals surface area contributed by atoms with Crippen LogP contribution in [0.2, 0.25) is 0 Å². The summed E-state index contributed by atoms with van der Waals surface area (Å²) in [6.07, 6.45) is 0. The van der Waals surface area contributed by atoms with Crippen molar-refractivity contribution in [3.63, 3.8) is 0 Å². The Morgan fingerprint density at radius 3 is 2.59 bits per heavy atom. The Bertz CT molecular complexity index is 831. The predicted octanol–water partition coefficient (Wildman–Crippen LogP) is 3.67. The van der Waals surface area contributed by atoms with E-state index in [4.69, 9.17) is 4.74 Å². The van der Waals surface area contributed by atoms with Gasteiger partial charge in [-0.2, -0.15) is 0 Å². The van der Waals surface area contributed by atoms with Crippen LogP contribution in [0.15, 0.2) is 42.5 Å². The van der Waals surface area contributed by atoms with Gasteiger partial charge in [0, 0.05) is 24.5 Å². The summed E-state index contributed by atoms with van der Waals surface area (Å²) < 4.78 is 5.76. The lowest BCUT2D eigenvalue weighted by Gasteiger charge is -2.16.